The highest BCUT2D eigenvalue weighted by atomic mass is 31.2. The van der Waals surface area contributed by atoms with Crippen molar-refractivity contribution in [1.29, 1.82) is 0 Å². The standard InChI is InChI=1S/C10H15N2O3P/c13-16(14,15)12-7-6-11-8-10(12)9-4-2-1-3-5-9/h1-5,10-11H,6-8H2,(H2,13,14,15). The first-order chi connectivity index (χ1) is 7.59. The molecular formula is C10H15N2O3P. The summed E-state index contributed by atoms with van der Waals surface area (Å²) in [6.07, 6.45) is 0. The van der Waals surface area contributed by atoms with E-state index in [0.717, 1.165) is 5.56 Å². The van der Waals surface area contributed by atoms with Gasteiger partial charge in [-0.05, 0) is 5.56 Å². The molecule has 1 saturated heterocycles. The Kier molecular flexibility index (Phi) is 3.42. The number of nitrogens with zero attached hydrogens (tertiary/aromatic N) is 1. The molecule has 0 amide bonds. The first kappa shape index (κ1) is 11.8. The maximum atomic E-state index is 11.4. The van der Waals surface area contributed by atoms with Gasteiger partial charge in [0, 0.05) is 19.6 Å². The molecule has 1 heterocycles. The smallest absolute Gasteiger partial charge is 0.314 e. The summed E-state index contributed by atoms with van der Waals surface area (Å²) in [5.41, 5.74) is 0.929. The fourth-order valence-electron chi connectivity index (χ4n) is 1.97. The van der Waals surface area contributed by atoms with Crippen LogP contribution in [0.15, 0.2) is 30.3 Å². The third kappa shape index (κ3) is 2.51. The van der Waals surface area contributed by atoms with Crippen LogP contribution in [0.25, 0.3) is 0 Å². The van der Waals surface area contributed by atoms with E-state index in [9.17, 15) is 14.4 Å². The zero-order valence-electron chi connectivity index (χ0n) is 8.78. The molecule has 0 spiro atoms. The van der Waals surface area contributed by atoms with E-state index < -0.39 is 7.75 Å². The summed E-state index contributed by atoms with van der Waals surface area (Å²) >= 11 is 0. The average molecular weight is 242 g/mol. The van der Waals surface area contributed by atoms with Gasteiger partial charge in [0.25, 0.3) is 0 Å². The maximum absolute atomic E-state index is 11.4. The molecule has 1 aromatic rings. The topological polar surface area (TPSA) is 72.8 Å². The molecule has 0 radical (unpaired) electrons. The predicted octanol–water partition coefficient (Wildman–Crippen LogP) is 0.726. The van der Waals surface area contributed by atoms with Crippen molar-refractivity contribution in [3.05, 3.63) is 35.9 Å². The van der Waals surface area contributed by atoms with Crippen molar-refractivity contribution in [2.24, 2.45) is 0 Å². The van der Waals surface area contributed by atoms with Gasteiger partial charge in [-0.3, -0.25) is 0 Å². The van der Waals surface area contributed by atoms with Crippen molar-refractivity contribution in [1.82, 2.24) is 9.99 Å². The van der Waals surface area contributed by atoms with Crippen molar-refractivity contribution in [3.8, 4) is 0 Å². The van der Waals surface area contributed by atoms with E-state index in [-0.39, 0.29) is 6.04 Å². The minimum Gasteiger partial charge on any atom is -0.314 e. The van der Waals surface area contributed by atoms with Gasteiger partial charge in [-0.1, -0.05) is 30.3 Å². The Labute approximate surface area is 94.3 Å². The molecule has 3 N–H and O–H groups in total. The van der Waals surface area contributed by atoms with Crippen LogP contribution in [0.4, 0.5) is 0 Å². The maximum Gasteiger partial charge on any atom is 0.403 e. The van der Waals surface area contributed by atoms with Crippen LogP contribution in [-0.2, 0) is 4.57 Å². The highest BCUT2D eigenvalue weighted by Crippen LogP contribution is 2.46. The van der Waals surface area contributed by atoms with Gasteiger partial charge in [0.05, 0.1) is 6.04 Å². The van der Waals surface area contributed by atoms with E-state index >= 15 is 0 Å². The lowest BCUT2D eigenvalue weighted by atomic mass is 10.1. The SMILES string of the molecule is O=P(O)(O)N1CCNCC1c1ccccc1. The highest BCUT2D eigenvalue weighted by Gasteiger charge is 2.35. The van der Waals surface area contributed by atoms with Crippen molar-refractivity contribution in [3.63, 3.8) is 0 Å². The third-order valence-corrected chi connectivity index (χ3v) is 3.88. The minimum absolute atomic E-state index is 0.254. The monoisotopic (exact) mass is 242 g/mol. The Morgan fingerprint density at radius 3 is 2.62 bits per heavy atom. The average Bonchev–Trinajstić information content (AvgIpc) is 2.29. The molecule has 1 aromatic carbocycles. The summed E-state index contributed by atoms with van der Waals surface area (Å²) in [4.78, 5) is 18.6. The number of benzene rings is 1. The Morgan fingerprint density at radius 1 is 1.31 bits per heavy atom. The first-order valence-electron chi connectivity index (χ1n) is 5.17. The van der Waals surface area contributed by atoms with Crippen LogP contribution in [0.3, 0.4) is 0 Å². The van der Waals surface area contributed by atoms with Gasteiger partial charge in [0.2, 0.25) is 0 Å². The molecule has 1 unspecified atom stereocenters. The molecule has 0 aliphatic carbocycles. The summed E-state index contributed by atoms with van der Waals surface area (Å²) in [7, 11) is -4.17. The van der Waals surface area contributed by atoms with Gasteiger partial charge in [0.1, 0.15) is 0 Å². The number of hydrogen-bond donors (Lipinski definition) is 3. The van der Waals surface area contributed by atoms with E-state index in [1.165, 1.54) is 4.67 Å². The predicted molar refractivity (Wildman–Crippen MR) is 60.8 cm³/mol. The van der Waals surface area contributed by atoms with Crippen LogP contribution in [0, 0.1) is 0 Å². The van der Waals surface area contributed by atoms with Crippen LogP contribution >= 0.6 is 7.75 Å². The lowest BCUT2D eigenvalue weighted by Crippen LogP contribution is -2.44. The number of rotatable bonds is 2. The number of piperazine rings is 1. The lowest BCUT2D eigenvalue weighted by molar-refractivity contribution is 0.200. The normalized spacial score (nSPS) is 23.2. The second-order valence-electron chi connectivity index (χ2n) is 3.81. The third-order valence-electron chi connectivity index (χ3n) is 2.73. The Morgan fingerprint density at radius 2 is 2.00 bits per heavy atom. The van der Waals surface area contributed by atoms with Crippen molar-refractivity contribution in [2.75, 3.05) is 19.6 Å². The second kappa shape index (κ2) is 4.65. The van der Waals surface area contributed by atoms with Gasteiger partial charge in [-0.15, -0.1) is 0 Å². The van der Waals surface area contributed by atoms with Gasteiger partial charge >= 0.3 is 7.75 Å². The highest BCUT2D eigenvalue weighted by molar-refractivity contribution is 7.49. The zero-order chi connectivity index (χ0) is 11.6. The van der Waals surface area contributed by atoms with E-state index in [4.69, 9.17) is 0 Å². The lowest BCUT2D eigenvalue weighted by Gasteiger charge is -2.36. The van der Waals surface area contributed by atoms with Gasteiger partial charge < -0.3 is 15.1 Å². The van der Waals surface area contributed by atoms with E-state index in [1.54, 1.807) is 0 Å². The van der Waals surface area contributed by atoms with Gasteiger partial charge in [-0.2, -0.15) is 4.67 Å². The van der Waals surface area contributed by atoms with E-state index in [2.05, 4.69) is 5.32 Å². The molecule has 0 bridgehead atoms. The quantitative estimate of drug-likeness (QED) is 0.667. The van der Waals surface area contributed by atoms with Crippen molar-refractivity contribution >= 4 is 7.75 Å². The van der Waals surface area contributed by atoms with Gasteiger partial charge in [0.15, 0.2) is 0 Å². The summed E-state index contributed by atoms with van der Waals surface area (Å²) in [6.45, 7) is 1.54. The largest absolute Gasteiger partial charge is 0.403 e. The Bertz CT molecular complexity index is 392. The van der Waals surface area contributed by atoms with Crippen molar-refractivity contribution in [2.45, 2.75) is 6.04 Å². The molecule has 0 saturated carbocycles. The molecular weight excluding hydrogens is 227 g/mol. The molecule has 5 nitrogen and oxygen atoms in total. The number of hydrogen-bond acceptors (Lipinski definition) is 2. The first-order valence-corrected chi connectivity index (χ1v) is 6.74. The molecule has 6 heteroatoms. The van der Waals surface area contributed by atoms with Crippen molar-refractivity contribution < 1.29 is 14.4 Å². The Hall–Kier alpha value is -0.710. The molecule has 88 valence electrons. The minimum atomic E-state index is -4.17. The van der Waals surface area contributed by atoms with Crippen LogP contribution < -0.4 is 5.32 Å². The van der Waals surface area contributed by atoms with Gasteiger partial charge in [-0.25, -0.2) is 4.57 Å². The number of nitrogens with one attached hydrogen (secondary N) is 1. The molecule has 0 aromatic heterocycles. The van der Waals surface area contributed by atoms with E-state index in [0.29, 0.717) is 19.6 Å². The molecule has 1 aliphatic heterocycles. The summed E-state index contributed by atoms with van der Waals surface area (Å²) in [6, 6.07) is 9.17. The molecule has 1 aliphatic rings. The van der Waals surface area contributed by atoms with Crippen LogP contribution in [-0.4, -0.2) is 34.1 Å². The molecule has 2 rings (SSSR count). The molecule has 1 fully saturated rings. The van der Waals surface area contributed by atoms with E-state index in [1.807, 2.05) is 30.3 Å². The van der Waals surface area contributed by atoms with Crippen LogP contribution in [0.1, 0.15) is 11.6 Å². The molecule has 1 atom stereocenters. The second-order valence-corrected chi connectivity index (χ2v) is 5.35. The fourth-order valence-corrected chi connectivity index (χ4v) is 2.91. The summed E-state index contributed by atoms with van der Waals surface area (Å²) in [5.74, 6) is 0. The van der Waals surface area contributed by atoms with Crippen LogP contribution in [0.2, 0.25) is 0 Å². The Balaban J connectivity index is 2.27. The fraction of sp³-hybridized carbons (Fsp3) is 0.400. The summed E-state index contributed by atoms with van der Waals surface area (Å²) in [5, 5.41) is 3.15. The summed E-state index contributed by atoms with van der Waals surface area (Å²) < 4.78 is 12.6. The zero-order valence-corrected chi connectivity index (χ0v) is 9.68. The van der Waals surface area contributed by atoms with Crippen LogP contribution in [0.5, 0.6) is 0 Å². The molecule has 16 heavy (non-hydrogen) atoms.